The quantitative estimate of drug-likeness (QED) is 0.884. The molecule has 0 aliphatic carbocycles. The van der Waals surface area contributed by atoms with Gasteiger partial charge in [-0.3, -0.25) is 4.79 Å². The van der Waals surface area contributed by atoms with Crippen LogP contribution in [-0.4, -0.2) is 15.9 Å². The number of hydrogen-bond acceptors (Lipinski definition) is 5. The molecule has 20 heavy (non-hydrogen) atoms. The van der Waals surface area contributed by atoms with Crippen LogP contribution in [0.2, 0.25) is 0 Å². The van der Waals surface area contributed by atoms with E-state index in [1.165, 1.54) is 6.33 Å². The van der Waals surface area contributed by atoms with E-state index < -0.39 is 0 Å². The van der Waals surface area contributed by atoms with E-state index in [1.807, 2.05) is 18.2 Å². The maximum absolute atomic E-state index is 11.4. The molecular weight excluding hydrogens is 256 g/mol. The maximum atomic E-state index is 11.4. The number of nitrogens with two attached hydrogens (primary N) is 1. The van der Waals surface area contributed by atoms with Crippen LogP contribution in [0.3, 0.4) is 0 Å². The highest BCUT2D eigenvalue weighted by molar-refractivity contribution is 5.94. The molecule has 0 fully saturated rings. The van der Waals surface area contributed by atoms with Crippen LogP contribution < -0.4 is 15.8 Å². The molecule has 1 aliphatic heterocycles. The number of carbonyl (C=O) groups is 1. The van der Waals surface area contributed by atoms with Gasteiger partial charge in [0.15, 0.2) is 0 Å². The number of nitrogens with zero attached hydrogens (tertiary/aromatic N) is 2. The average molecular weight is 270 g/mol. The van der Waals surface area contributed by atoms with Crippen LogP contribution in [0.25, 0.3) is 0 Å². The second-order valence-corrected chi connectivity index (χ2v) is 4.48. The van der Waals surface area contributed by atoms with E-state index in [4.69, 9.17) is 10.5 Å². The molecule has 0 saturated heterocycles. The minimum absolute atomic E-state index is 0.0297. The Hall–Kier alpha value is -2.47. The molecule has 0 bridgehead atoms. The van der Waals surface area contributed by atoms with E-state index in [0.717, 1.165) is 11.3 Å². The van der Waals surface area contributed by atoms with Crippen molar-refractivity contribution < 1.29 is 9.53 Å². The van der Waals surface area contributed by atoms with Crippen molar-refractivity contribution in [2.75, 3.05) is 5.32 Å². The number of amides is 1. The van der Waals surface area contributed by atoms with Gasteiger partial charge in [0.1, 0.15) is 12.1 Å². The van der Waals surface area contributed by atoms with Gasteiger partial charge >= 0.3 is 0 Å². The maximum Gasteiger partial charge on any atom is 0.224 e. The summed E-state index contributed by atoms with van der Waals surface area (Å²) < 4.78 is 5.80. The molecule has 2 aromatic rings. The number of hydrogen-bond donors (Lipinski definition) is 2. The lowest BCUT2D eigenvalue weighted by Crippen LogP contribution is -2.19. The summed E-state index contributed by atoms with van der Waals surface area (Å²) in [5.41, 5.74) is 8.04. The van der Waals surface area contributed by atoms with Gasteiger partial charge in [0, 0.05) is 30.3 Å². The number of ether oxygens (including phenoxy) is 1. The molecule has 0 spiro atoms. The number of anilines is 1. The molecule has 2 heterocycles. The van der Waals surface area contributed by atoms with E-state index in [9.17, 15) is 4.79 Å². The molecule has 1 aromatic carbocycles. The second kappa shape index (κ2) is 5.26. The molecule has 0 saturated carbocycles. The van der Waals surface area contributed by atoms with E-state index in [2.05, 4.69) is 15.3 Å². The lowest BCUT2D eigenvalue weighted by molar-refractivity contribution is -0.116. The lowest BCUT2D eigenvalue weighted by atomic mass is 10.0. The number of nitrogens with one attached hydrogen (secondary N) is 1. The summed E-state index contributed by atoms with van der Waals surface area (Å²) in [4.78, 5) is 19.5. The van der Waals surface area contributed by atoms with E-state index in [-0.39, 0.29) is 5.91 Å². The number of benzene rings is 1. The molecule has 6 heteroatoms. The van der Waals surface area contributed by atoms with Crippen molar-refractivity contribution in [3.05, 3.63) is 41.9 Å². The third-order valence-corrected chi connectivity index (χ3v) is 3.13. The molecule has 6 nitrogen and oxygen atoms in total. The van der Waals surface area contributed by atoms with Crippen LogP contribution in [0.5, 0.6) is 11.6 Å². The summed E-state index contributed by atoms with van der Waals surface area (Å²) in [5.74, 6) is 1.18. The molecule has 1 aromatic heterocycles. The summed E-state index contributed by atoms with van der Waals surface area (Å²) in [5, 5.41) is 2.84. The molecule has 0 atom stereocenters. The average Bonchev–Trinajstić information content (AvgIpc) is 2.47. The predicted octanol–water partition coefficient (Wildman–Crippen LogP) is 1.61. The molecule has 1 aliphatic rings. The summed E-state index contributed by atoms with van der Waals surface area (Å²) in [6.45, 7) is 0.335. The van der Waals surface area contributed by atoms with Crippen molar-refractivity contribution >= 4 is 11.6 Å². The summed E-state index contributed by atoms with van der Waals surface area (Å²) >= 11 is 0. The second-order valence-electron chi connectivity index (χ2n) is 4.48. The summed E-state index contributed by atoms with van der Waals surface area (Å²) in [7, 11) is 0. The third kappa shape index (κ3) is 2.46. The molecule has 102 valence electrons. The smallest absolute Gasteiger partial charge is 0.224 e. The van der Waals surface area contributed by atoms with E-state index in [1.54, 1.807) is 6.07 Å². The van der Waals surface area contributed by atoms with Gasteiger partial charge in [-0.2, -0.15) is 0 Å². The van der Waals surface area contributed by atoms with Crippen LogP contribution >= 0.6 is 0 Å². The highest BCUT2D eigenvalue weighted by Gasteiger charge is 2.18. The first-order valence-corrected chi connectivity index (χ1v) is 6.37. The minimum Gasteiger partial charge on any atom is -0.439 e. The largest absolute Gasteiger partial charge is 0.439 e. The van der Waals surface area contributed by atoms with Gasteiger partial charge < -0.3 is 15.8 Å². The Morgan fingerprint density at radius 3 is 3.05 bits per heavy atom. The zero-order chi connectivity index (χ0) is 13.9. The fourth-order valence-corrected chi connectivity index (χ4v) is 2.14. The van der Waals surface area contributed by atoms with Gasteiger partial charge in [-0.1, -0.05) is 6.07 Å². The third-order valence-electron chi connectivity index (χ3n) is 3.13. The van der Waals surface area contributed by atoms with Crippen LogP contribution in [0.15, 0.2) is 30.6 Å². The van der Waals surface area contributed by atoms with Gasteiger partial charge in [0.2, 0.25) is 11.8 Å². The first-order chi connectivity index (χ1) is 9.76. The Labute approximate surface area is 116 Å². The molecule has 3 rings (SSSR count). The Morgan fingerprint density at radius 1 is 1.30 bits per heavy atom. The van der Waals surface area contributed by atoms with Crippen molar-refractivity contribution in [2.45, 2.75) is 19.4 Å². The topological polar surface area (TPSA) is 90.1 Å². The van der Waals surface area contributed by atoms with Gasteiger partial charge in [-0.05, 0) is 18.6 Å². The Morgan fingerprint density at radius 2 is 2.20 bits per heavy atom. The first kappa shape index (κ1) is 12.6. The first-order valence-electron chi connectivity index (χ1n) is 6.37. The van der Waals surface area contributed by atoms with Crippen LogP contribution in [0.1, 0.15) is 17.7 Å². The van der Waals surface area contributed by atoms with E-state index >= 15 is 0 Å². The van der Waals surface area contributed by atoms with Gasteiger partial charge in [-0.25, -0.2) is 9.97 Å². The van der Waals surface area contributed by atoms with E-state index in [0.29, 0.717) is 36.7 Å². The van der Waals surface area contributed by atoms with Crippen molar-refractivity contribution in [3.8, 4) is 11.6 Å². The number of carbonyl (C=O) groups excluding carboxylic acids is 1. The Kier molecular flexibility index (Phi) is 3.30. The van der Waals surface area contributed by atoms with Crippen LogP contribution in [0.4, 0.5) is 5.69 Å². The highest BCUT2D eigenvalue weighted by Crippen LogP contribution is 2.33. The van der Waals surface area contributed by atoms with Gasteiger partial charge in [0.05, 0.1) is 5.69 Å². The van der Waals surface area contributed by atoms with Crippen molar-refractivity contribution in [1.29, 1.82) is 0 Å². The van der Waals surface area contributed by atoms with Crippen LogP contribution in [-0.2, 0) is 17.8 Å². The van der Waals surface area contributed by atoms with Crippen molar-refractivity contribution in [3.63, 3.8) is 0 Å². The summed E-state index contributed by atoms with van der Waals surface area (Å²) in [6, 6.07) is 7.27. The SMILES string of the molecule is NCc1cc(Oc2cccc3c2CCC(=O)N3)ncn1. The monoisotopic (exact) mass is 270 g/mol. The highest BCUT2D eigenvalue weighted by atomic mass is 16.5. The molecule has 1 amide bonds. The molecule has 0 unspecified atom stereocenters. The van der Waals surface area contributed by atoms with Gasteiger partial charge in [0.25, 0.3) is 0 Å². The lowest BCUT2D eigenvalue weighted by Gasteiger charge is -2.19. The number of rotatable bonds is 3. The number of fused-ring (bicyclic) bond motifs is 1. The Balaban J connectivity index is 1.91. The zero-order valence-electron chi connectivity index (χ0n) is 10.8. The van der Waals surface area contributed by atoms with Crippen LogP contribution in [0, 0.1) is 0 Å². The molecular formula is C14H14N4O2. The fraction of sp³-hybridized carbons (Fsp3) is 0.214. The normalized spacial score (nSPS) is 13.6. The minimum atomic E-state index is 0.0297. The predicted molar refractivity (Wildman–Crippen MR) is 73.4 cm³/mol. The standard InChI is InChI=1S/C14H14N4O2/c15-7-9-6-14(17-8-16-9)20-12-3-1-2-11-10(12)4-5-13(19)18-11/h1-3,6,8H,4-5,7,15H2,(H,18,19). The fourth-order valence-electron chi connectivity index (χ4n) is 2.14. The molecule has 3 N–H and O–H groups in total. The number of aromatic nitrogens is 2. The molecule has 0 radical (unpaired) electrons. The van der Waals surface area contributed by atoms with Crippen molar-refractivity contribution in [2.24, 2.45) is 5.73 Å². The van der Waals surface area contributed by atoms with Gasteiger partial charge in [-0.15, -0.1) is 0 Å². The summed E-state index contributed by atoms with van der Waals surface area (Å²) in [6.07, 6.45) is 2.55. The zero-order valence-corrected chi connectivity index (χ0v) is 10.8. The van der Waals surface area contributed by atoms with Crippen molar-refractivity contribution in [1.82, 2.24) is 9.97 Å². The Bertz CT molecular complexity index is 657.